The summed E-state index contributed by atoms with van der Waals surface area (Å²) in [5.41, 5.74) is -0.0709. The molecule has 4 heterocycles. The smallest absolute Gasteiger partial charge is 0.220 e. The second-order valence-corrected chi connectivity index (χ2v) is 7.37. The first-order valence-corrected chi connectivity index (χ1v) is 8.45. The van der Waals surface area contributed by atoms with Crippen LogP contribution >= 0.6 is 0 Å². The first-order valence-electron chi connectivity index (χ1n) is 8.45. The van der Waals surface area contributed by atoms with Crippen molar-refractivity contribution < 1.29 is 9.53 Å². The standard InChI is InChI=1S/C17H26N2O2/c1-3-18-8-6-16(7-9-18)11-14-10-15-4-5-17(14,21-15)12-19(16)13(2)20/h4-5,14-15H,3,6-12H2,1-2H3/t14-,15-,17+/m1/s1. The molecular weight excluding hydrogens is 264 g/mol. The second kappa shape index (κ2) is 4.56. The van der Waals surface area contributed by atoms with Crippen LogP contribution in [0.1, 0.15) is 39.5 Å². The van der Waals surface area contributed by atoms with E-state index in [9.17, 15) is 4.79 Å². The summed E-state index contributed by atoms with van der Waals surface area (Å²) in [6.07, 6.45) is 9.28. The topological polar surface area (TPSA) is 32.8 Å². The normalized spacial score (nSPS) is 40.8. The molecular formula is C17H26N2O2. The summed E-state index contributed by atoms with van der Waals surface area (Å²) >= 11 is 0. The highest BCUT2D eigenvalue weighted by atomic mass is 16.5. The lowest BCUT2D eigenvalue weighted by Crippen LogP contribution is -2.66. The van der Waals surface area contributed by atoms with Crippen molar-refractivity contribution in [2.75, 3.05) is 26.2 Å². The van der Waals surface area contributed by atoms with Gasteiger partial charge in [-0.25, -0.2) is 0 Å². The summed E-state index contributed by atoms with van der Waals surface area (Å²) in [5.74, 6) is 0.830. The Morgan fingerprint density at radius 1 is 1.38 bits per heavy atom. The molecule has 0 radical (unpaired) electrons. The molecule has 4 nitrogen and oxygen atoms in total. The van der Waals surface area contributed by atoms with Crippen molar-refractivity contribution in [3.05, 3.63) is 12.2 Å². The van der Waals surface area contributed by atoms with Crippen LogP contribution in [0.2, 0.25) is 0 Å². The predicted molar refractivity (Wildman–Crippen MR) is 80.9 cm³/mol. The van der Waals surface area contributed by atoms with E-state index in [-0.39, 0.29) is 17.0 Å². The first kappa shape index (κ1) is 13.8. The zero-order chi connectivity index (χ0) is 14.7. The van der Waals surface area contributed by atoms with Crippen molar-refractivity contribution >= 4 is 5.91 Å². The van der Waals surface area contributed by atoms with E-state index in [4.69, 9.17) is 4.74 Å². The minimum absolute atomic E-state index is 0.0924. The average Bonchev–Trinajstić information content (AvgIpc) is 3.03. The fourth-order valence-electron chi connectivity index (χ4n) is 5.13. The minimum atomic E-state index is -0.163. The number of rotatable bonds is 1. The van der Waals surface area contributed by atoms with Crippen LogP contribution in [0, 0.1) is 5.92 Å². The highest BCUT2D eigenvalue weighted by molar-refractivity contribution is 5.74. The van der Waals surface area contributed by atoms with Crippen molar-refractivity contribution in [1.82, 2.24) is 9.80 Å². The highest BCUT2D eigenvalue weighted by Crippen LogP contribution is 2.53. The third-order valence-corrected chi connectivity index (χ3v) is 6.39. The highest BCUT2D eigenvalue weighted by Gasteiger charge is 2.59. The van der Waals surface area contributed by atoms with Crippen molar-refractivity contribution in [1.29, 1.82) is 0 Å². The Balaban J connectivity index is 1.62. The third kappa shape index (κ3) is 1.92. The summed E-state index contributed by atoms with van der Waals surface area (Å²) in [6, 6.07) is 0. The van der Waals surface area contributed by atoms with Crippen molar-refractivity contribution in [2.45, 2.75) is 56.8 Å². The Morgan fingerprint density at radius 2 is 2.14 bits per heavy atom. The van der Waals surface area contributed by atoms with Gasteiger partial charge in [-0.05, 0) is 38.1 Å². The minimum Gasteiger partial charge on any atom is -0.361 e. The molecule has 3 fully saturated rings. The number of likely N-dealkylation sites (tertiary alicyclic amines) is 2. The van der Waals surface area contributed by atoms with Crippen molar-refractivity contribution in [3.8, 4) is 0 Å². The number of fused-ring (bicyclic) bond motifs is 1. The molecule has 0 aliphatic carbocycles. The van der Waals surface area contributed by atoms with E-state index in [1.165, 1.54) is 0 Å². The molecule has 0 unspecified atom stereocenters. The zero-order valence-corrected chi connectivity index (χ0v) is 13.2. The van der Waals surface area contributed by atoms with Crippen LogP contribution in [0.25, 0.3) is 0 Å². The van der Waals surface area contributed by atoms with Crippen LogP contribution in [-0.2, 0) is 9.53 Å². The van der Waals surface area contributed by atoms with E-state index in [2.05, 4.69) is 28.9 Å². The van der Waals surface area contributed by atoms with E-state index >= 15 is 0 Å². The zero-order valence-electron chi connectivity index (χ0n) is 13.2. The number of piperidine rings is 2. The number of amides is 1. The Morgan fingerprint density at radius 3 is 2.76 bits per heavy atom. The summed E-state index contributed by atoms with van der Waals surface area (Å²) in [7, 11) is 0. The fraction of sp³-hybridized carbons (Fsp3) is 0.824. The number of nitrogens with zero attached hydrogens (tertiary/aromatic N) is 2. The molecule has 116 valence electrons. The van der Waals surface area contributed by atoms with Gasteiger partial charge in [0, 0.05) is 25.6 Å². The molecule has 3 saturated heterocycles. The lowest BCUT2D eigenvalue weighted by Gasteiger charge is -2.56. The first-order chi connectivity index (χ1) is 10.1. The molecule has 4 aliphatic rings. The van der Waals surface area contributed by atoms with E-state index in [1.807, 2.05) is 0 Å². The molecule has 0 aromatic heterocycles. The van der Waals surface area contributed by atoms with Gasteiger partial charge in [0.25, 0.3) is 0 Å². The van der Waals surface area contributed by atoms with Gasteiger partial charge in [0.05, 0.1) is 12.6 Å². The number of hydrogen-bond acceptors (Lipinski definition) is 3. The number of hydrogen-bond donors (Lipinski definition) is 0. The van der Waals surface area contributed by atoms with Gasteiger partial charge in [0.2, 0.25) is 5.91 Å². The molecule has 4 aliphatic heterocycles. The molecule has 21 heavy (non-hydrogen) atoms. The summed E-state index contributed by atoms with van der Waals surface area (Å²) in [4.78, 5) is 17.0. The third-order valence-electron chi connectivity index (χ3n) is 6.39. The van der Waals surface area contributed by atoms with Gasteiger partial charge < -0.3 is 14.5 Å². The molecule has 4 rings (SSSR count). The lowest BCUT2D eigenvalue weighted by atomic mass is 9.67. The molecule has 3 atom stereocenters. The van der Waals surface area contributed by atoms with Crippen molar-refractivity contribution in [2.24, 2.45) is 5.92 Å². The maximum Gasteiger partial charge on any atom is 0.220 e. The molecule has 0 aromatic carbocycles. The van der Waals surface area contributed by atoms with Gasteiger partial charge >= 0.3 is 0 Å². The van der Waals surface area contributed by atoms with Gasteiger partial charge in [-0.1, -0.05) is 19.1 Å². The largest absolute Gasteiger partial charge is 0.361 e. The molecule has 2 spiro atoms. The van der Waals surface area contributed by atoms with E-state index in [0.29, 0.717) is 12.0 Å². The van der Waals surface area contributed by atoms with Gasteiger partial charge in [-0.3, -0.25) is 4.79 Å². The maximum absolute atomic E-state index is 12.3. The summed E-state index contributed by atoms with van der Waals surface area (Å²) < 4.78 is 6.21. The number of carbonyl (C=O) groups is 1. The summed E-state index contributed by atoms with van der Waals surface area (Å²) in [6.45, 7) is 8.10. The Labute approximate surface area is 127 Å². The fourth-order valence-corrected chi connectivity index (χ4v) is 5.13. The number of ether oxygens (including phenoxy) is 1. The van der Waals surface area contributed by atoms with Gasteiger partial charge in [0.1, 0.15) is 5.60 Å². The molecule has 2 bridgehead atoms. The maximum atomic E-state index is 12.3. The van der Waals surface area contributed by atoms with Crippen LogP contribution in [0.15, 0.2) is 12.2 Å². The van der Waals surface area contributed by atoms with E-state index in [0.717, 1.165) is 51.9 Å². The molecule has 0 N–H and O–H groups in total. The second-order valence-electron chi connectivity index (χ2n) is 7.37. The Bertz CT molecular complexity index is 481. The van der Waals surface area contributed by atoms with Gasteiger partial charge in [0.15, 0.2) is 0 Å². The van der Waals surface area contributed by atoms with Crippen LogP contribution in [0.4, 0.5) is 0 Å². The van der Waals surface area contributed by atoms with Crippen LogP contribution in [0.3, 0.4) is 0 Å². The molecule has 0 aromatic rings. The van der Waals surface area contributed by atoms with Gasteiger partial charge in [-0.15, -0.1) is 0 Å². The monoisotopic (exact) mass is 290 g/mol. The summed E-state index contributed by atoms with van der Waals surface area (Å²) in [5, 5.41) is 0. The molecule has 4 heteroatoms. The van der Waals surface area contributed by atoms with Gasteiger partial charge in [-0.2, -0.15) is 0 Å². The van der Waals surface area contributed by atoms with E-state index < -0.39 is 0 Å². The quantitative estimate of drug-likeness (QED) is 0.691. The average molecular weight is 290 g/mol. The van der Waals surface area contributed by atoms with E-state index in [1.54, 1.807) is 6.92 Å². The molecule has 0 saturated carbocycles. The van der Waals surface area contributed by atoms with Crippen LogP contribution < -0.4 is 0 Å². The number of carbonyl (C=O) groups excluding carboxylic acids is 1. The van der Waals surface area contributed by atoms with Crippen LogP contribution in [0.5, 0.6) is 0 Å². The lowest BCUT2D eigenvalue weighted by molar-refractivity contribution is -0.154. The Hall–Kier alpha value is -0.870. The SMILES string of the molecule is CCN1CCC2(CC1)C[C@H]1C[C@H]3C=C[C@@]1(CN2C(C)=O)O3. The Kier molecular flexibility index (Phi) is 2.99. The van der Waals surface area contributed by atoms with Crippen molar-refractivity contribution in [3.63, 3.8) is 0 Å². The predicted octanol–water partition coefficient (Wildman–Crippen LogP) is 1.81. The van der Waals surface area contributed by atoms with Crippen LogP contribution in [-0.4, -0.2) is 59.1 Å². The molecule has 1 amide bonds.